The molecule has 3 nitrogen and oxygen atoms in total. The van der Waals surface area contributed by atoms with Gasteiger partial charge in [-0.3, -0.25) is 4.90 Å². The van der Waals surface area contributed by atoms with E-state index in [-0.39, 0.29) is 0 Å². The smallest absolute Gasteiger partial charge is 0.187 e. The highest BCUT2D eigenvalue weighted by atomic mass is 32.1. The zero-order valence-corrected chi connectivity index (χ0v) is 11.0. The van der Waals surface area contributed by atoms with E-state index in [2.05, 4.69) is 35.6 Å². The number of hydrogen-bond donors (Lipinski definition) is 1. The molecule has 1 aliphatic rings. The van der Waals surface area contributed by atoms with Crippen molar-refractivity contribution >= 4 is 16.5 Å². The van der Waals surface area contributed by atoms with Crippen LogP contribution in [0.5, 0.6) is 0 Å². The van der Waals surface area contributed by atoms with Gasteiger partial charge in [0.1, 0.15) is 0 Å². The lowest BCUT2D eigenvalue weighted by molar-refractivity contribution is 0.202. The summed E-state index contributed by atoms with van der Waals surface area (Å²) in [6, 6.07) is 0.604. The third-order valence-electron chi connectivity index (χ3n) is 2.81. The first-order valence-corrected chi connectivity index (χ1v) is 6.53. The molecule has 1 aromatic heterocycles. The lowest BCUT2D eigenvalue weighted by atomic mass is 10.1. The summed E-state index contributed by atoms with van der Waals surface area (Å²) in [7, 11) is 0. The average Bonchev–Trinajstić information content (AvgIpc) is 2.56. The monoisotopic (exact) mass is 237 g/mol. The van der Waals surface area contributed by atoms with Gasteiger partial charge in [0.2, 0.25) is 0 Å². The molecular formula is C12H19N3S. The molecule has 0 spiro atoms. The minimum absolute atomic E-state index is 0.604. The molecule has 0 radical (unpaired) electrons. The molecule has 0 unspecified atom stereocenters. The highest BCUT2D eigenvalue weighted by Gasteiger charge is 2.22. The van der Waals surface area contributed by atoms with Crippen molar-refractivity contribution in [2.45, 2.75) is 39.8 Å². The lowest BCUT2D eigenvalue weighted by Gasteiger charge is -2.29. The number of hydrogen-bond acceptors (Lipinski definition) is 4. The molecule has 0 fully saturated rings. The summed E-state index contributed by atoms with van der Waals surface area (Å²) < 4.78 is 0. The first kappa shape index (κ1) is 11.6. The molecule has 1 N–H and O–H groups in total. The van der Waals surface area contributed by atoms with Gasteiger partial charge in [0.05, 0.1) is 5.69 Å². The van der Waals surface area contributed by atoms with Gasteiger partial charge in [-0.2, -0.15) is 0 Å². The summed E-state index contributed by atoms with van der Waals surface area (Å²) in [5.74, 6) is 0. The minimum atomic E-state index is 0.604. The fraction of sp³-hybridized carbons (Fsp3) is 0.583. The van der Waals surface area contributed by atoms with E-state index in [4.69, 9.17) is 0 Å². The zero-order valence-electron chi connectivity index (χ0n) is 10.2. The molecule has 0 saturated heterocycles. The molecular weight excluding hydrogens is 218 g/mol. The quantitative estimate of drug-likeness (QED) is 0.876. The number of nitrogens with zero attached hydrogens (tertiary/aromatic N) is 2. The summed E-state index contributed by atoms with van der Waals surface area (Å²) in [6.07, 6.45) is 1.13. The van der Waals surface area contributed by atoms with Crippen molar-refractivity contribution in [2.75, 3.05) is 11.9 Å². The van der Waals surface area contributed by atoms with E-state index in [0.29, 0.717) is 6.04 Å². The zero-order chi connectivity index (χ0) is 11.7. The second-order valence-electron chi connectivity index (χ2n) is 4.61. The van der Waals surface area contributed by atoms with E-state index in [9.17, 15) is 0 Å². The second-order valence-corrected chi connectivity index (χ2v) is 5.69. The van der Waals surface area contributed by atoms with Crippen molar-refractivity contribution in [3.05, 3.63) is 22.8 Å². The minimum Gasteiger partial charge on any atom is -0.336 e. The lowest BCUT2D eigenvalue weighted by Crippen LogP contribution is -2.35. The standard InChI is InChI=1S/C12H19N3S/c1-8(2)13-12-14-10-7-15(9(3)4)6-5-11(10)16-12/h9H,1,5-7H2,2-4H3,(H,13,14). The average molecular weight is 237 g/mol. The fourth-order valence-electron chi connectivity index (χ4n) is 1.90. The van der Waals surface area contributed by atoms with Crippen molar-refractivity contribution < 1.29 is 0 Å². The first-order valence-electron chi connectivity index (χ1n) is 5.71. The summed E-state index contributed by atoms with van der Waals surface area (Å²) in [5, 5.41) is 4.19. The normalized spacial score (nSPS) is 16.2. The Labute approximate surface area is 101 Å². The Bertz CT molecular complexity index is 395. The predicted molar refractivity (Wildman–Crippen MR) is 69.8 cm³/mol. The summed E-state index contributed by atoms with van der Waals surface area (Å²) in [6.45, 7) is 12.4. The number of anilines is 1. The Balaban J connectivity index is 2.13. The number of fused-ring (bicyclic) bond motifs is 1. The largest absolute Gasteiger partial charge is 0.336 e. The van der Waals surface area contributed by atoms with E-state index < -0.39 is 0 Å². The van der Waals surface area contributed by atoms with Gasteiger partial charge in [0.25, 0.3) is 0 Å². The van der Waals surface area contributed by atoms with E-state index in [1.807, 2.05) is 6.92 Å². The van der Waals surface area contributed by atoms with Crippen molar-refractivity contribution in [1.82, 2.24) is 9.88 Å². The number of aromatic nitrogens is 1. The van der Waals surface area contributed by atoms with Crippen molar-refractivity contribution in [3.63, 3.8) is 0 Å². The third-order valence-corrected chi connectivity index (χ3v) is 3.88. The molecule has 2 heterocycles. The molecule has 1 aromatic rings. The van der Waals surface area contributed by atoms with Crippen LogP contribution in [0.25, 0.3) is 0 Å². The van der Waals surface area contributed by atoms with Crippen LogP contribution in [0.15, 0.2) is 12.3 Å². The van der Waals surface area contributed by atoms with Crippen molar-refractivity contribution in [1.29, 1.82) is 0 Å². The Morgan fingerprint density at radius 2 is 2.31 bits per heavy atom. The molecule has 0 aromatic carbocycles. The number of rotatable bonds is 3. The molecule has 88 valence electrons. The van der Waals surface area contributed by atoms with E-state index >= 15 is 0 Å². The molecule has 0 bridgehead atoms. The molecule has 0 saturated carbocycles. The SMILES string of the molecule is C=C(C)Nc1nc2c(s1)CCN(C(C)C)C2. The maximum Gasteiger partial charge on any atom is 0.187 e. The summed E-state index contributed by atoms with van der Waals surface area (Å²) in [5.41, 5.74) is 2.19. The van der Waals surface area contributed by atoms with Gasteiger partial charge in [0.15, 0.2) is 5.13 Å². The highest BCUT2D eigenvalue weighted by Crippen LogP contribution is 2.29. The topological polar surface area (TPSA) is 28.2 Å². The molecule has 1 aliphatic heterocycles. The Morgan fingerprint density at radius 3 is 2.94 bits per heavy atom. The molecule has 4 heteroatoms. The van der Waals surface area contributed by atoms with Crippen LogP contribution in [-0.4, -0.2) is 22.5 Å². The highest BCUT2D eigenvalue weighted by molar-refractivity contribution is 7.15. The number of allylic oxidation sites excluding steroid dienone is 1. The maximum atomic E-state index is 4.63. The summed E-state index contributed by atoms with van der Waals surface area (Å²) in [4.78, 5) is 8.52. The predicted octanol–water partition coefficient (Wildman–Crippen LogP) is 2.86. The number of thiazole rings is 1. The Morgan fingerprint density at radius 1 is 1.56 bits per heavy atom. The van der Waals surface area contributed by atoms with E-state index in [0.717, 1.165) is 30.3 Å². The van der Waals surface area contributed by atoms with E-state index in [1.165, 1.54) is 10.6 Å². The van der Waals surface area contributed by atoms with Gasteiger partial charge < -0.3 is 5.32 Å². The summed E-state index contributed by atoms with van der Waals surface area (Å²) >= 11 is 1.77. The van der Waals surface area contributed by atoms with Crippen LogP contribution in [0.1, 0.15) is 31.3 Å². The molecule has 0 amide bonds. The maximum absolute atomic E-state index is 4.63. The van der Waals surface area contributed by atoms with Gasteiger partial charge in [-0.1, -0.05) is 6.58 Å². The van der Waals surface area contributed by atoms with Crippen LogP contribution >= 0.6 is 11.3 Å². The van der Waals surface area contributed by atoms with E-state index in [1.54, 1.807) is 11.3 Å². The Hall–Kier alpha value is -0.870. The molecule has 0 atom stereocenters. The second kappa shape index (κ2) is 4.55. The van der Waals surface area contributed by atoms with Crippen LogP contribution in [0.4, 0.5) is 5.13 Å². The first-order chi connectivity index (χ1) is 7.56. The Kier molecular flexibility index (Phi) is 3.30. The van der Waals surface area contributed by atoms with Crippen LogP contribution in [-0.2, 0) is 13.0 Å². The van der Waals surface area contributed by atoms with Crippen LogP contribution < -0.4 is 5.32 Å². The molecule has 16 heavy (non-hydrogen) atoms. The molecule has 2 rings (SSSR count). The van der Waals surface area contributed by atoms with Crippen LogP contribution in [0, 0.1) is 0 Å². The van der Waals surface area contributed by atoms with Gasteiger partial charge >= 0.3 is 0 Å². The van der Waals surface area contributed by atoms with Gasteiger partial charge in [-0.25, -0.2) is 4.98 Å². The van der Waals surface area contributed by atoms with Gasteiger partial charge in [0, 0.05) is 29.7 Å². The third kappa shape index (κ3) is 2.44. The van der Waals surface area contributed by atoms with Crippen LogP contribution in [0.2, 0.25) is 0 Å². The molecule has 0 aliphatic carbocycles. The van der Waals surface area contributed by atoms with Crippen LogP contribution in [0.3, 0.4) is 0 Å². The van der Waals surface area contributed by atoms with Gasteiger partial charge in [-0.15, -0.1) is 11.3 Å². The van der Waals surface area contributed by atoms with Crippen molar-refractivity contribution in [3.8, 4) is 0 Å². The number of nitrogens with one attached hydrogen (secondary N) is 1. The van der Waals surface area contributed by atoms with Gasteiger partial charge in [-0.05, 0) is 27.2 Å². The van der Waals surface area contributed by atoms with Crippen molar-refractivity contribution in [2.24, 2.45) is 0 Å². The fourth-order valence-corrected chi connectivity index (χ4v) is 2.93.